The number of hydrogen-bond acceptors (Lipinski definition) is 7. The van der Waals surface area contributed by atoms with Gasteiger partial charge in [-0.05, 0) is 23.3 Å². The van der Waals surface area contributed by atoms with Gasteiger partial charge < -0.3 is 10.1 Å². The lowest BCUT2D eigenvalue weighted by molar-refractivity contribution is -0.118. The molecule has 1 amide bonds. The Morgan fingerprint density at radius 3 is 2.41 bits per heavy atom. The summed E-state index contributed by atoms with van der Waals surface area (Å²) in [5.41, 5.74) is 2.29. The van der Waals surface area contributed by atoms with Gasteiger partial charge >= 0.3 is 0 Å². The molecule has 2 aromatic carbocycles. The standard InChI is InChI=1S/C19H19N3O2S3/c1-24-16-9-7-15(8-10-16)12-25-18-21-22-19(27-18)26-13-17(23)20-11-14-5-3-2-4-6-14/h2-10H,11-13H2,1H3,(H,20,23). The summed E-state index contributed by atoms with van der Waals surface area (Å²) in [4.78, 5) is 12.0. The summed E-state index contributed by atoms with van der Waals surface area (Å²) in [5.74, 6) is 2.00. The molecule has 0 radical (unpaired) electrons. The predicted molar refractivity (Wildman–Crippen MR) is 111 cm³/mol. The average molecular weight is 418 g/mol. The summed E-state index contributed by atoms with van der Waals surface area (Å²) in [6.45, 7) is 0.541. The number of aromatic nitrogens is 2. The molecule has 0 aliphatic carbocycles. The van der Waals surface area contributed by atoms with Crippen molar-refractivity contribution >= 4 is 40.8 Å². The number of benzene rings is 2. The van der Waals surface area contributed by atoms with Crippen LogP contribution in [0.5, 0.6) is 5.75 Å². The van der Waals surface area contributed by atoms with E-state index < -0.39 is 0 Å². The first-order valence-electron chi connectivity index (χ1n) is 8.25. The van der Waals surface area contributed by atoms with Crippen LogP contribution in [0.15, 0.2) is 63.3 Å². The number of hydrogen-bond donors (Lipinski definition) is 1. The minimum Gasteiger partial charge on any atom is -0.497 e. The highest BCUT2D eigenvalue weighted by atomic mass is 32.2. The second-order valence-electron chi connectivity index (χ2n) is 5.52. The Bertz CT molecular complexity index is 854. The molecule has 0 saturated carbocycles. The van der Waals surface area contributed by atoms with E-state index in [0.29, 0.717) is 12.3 Å². The summed E-state index contributed by atoms with van der Waals surface area (Å²) in [5, 5.41) is 11.3. The number of methoxy groups -OCH3 is 1. The van der Waals surface area contributed by atoms with E-state index in [2.05, 4.69) is 15.5 Å². The van der Waals surface area contributed by atoms with E-state index in [9.17, 15) is 4.79 Å². The van der Waals surface area contributed by atoms with E-state index in [1.807, 2.05) is 54.6 Å². The largest absolute Gasteiger partial charge is 0.497 e. The SMILES string of the molecule is COc1ccc(CSc2nnc(SCC(=O)NCc3ccccc3)s2)cc1. The lowest BCUT2D eigenvalue weighted by Gasteiger charge is -2.03. The third kappa shape index (κ3) is 6.57. The molecule has 3 aromatic rings. The van der Waals surface area contributed by atoms with Crippen molar-refractivity contribution in [2.45, 2.75) is 21.0 Å². The molecule has 0 unspecified atom stereocenters. The van der Waals surface area contributed by atoms with Gasteiger partial charge in [0.1, 0.15) is 5.75 Å². The zero-order valence-corrected chi connectivity index (χ0v) is 17.2. The summed E-state index contributed by atoms with van der Waals surface area (Å²) >= 11 is 4.57. The van der Waals surface area contributed by atoms with Crippen molar-refractivity contribution < 1.29 is 9.53 Å². The molecule has 5 nitrogen and oxygen atoms in total. The Morgan fingerprint density at radius 1 is 1.00 bits per heavy atom. The fourth-order valence-electron chi connectivity index (χ4n) is 2.16. The first-order valence-corrected chi connectivity index (χ1v) is 11.0. The van der Waals surface area contributed by atoms with Crippen molar-refractivity contribution in [3.05, 3.63) is 65.7 Å². The molecule has 1 aromatic heterocycles. The smallest absolute Gasteiger partial charge is 0.230 e. The molecule has 1 N–H and O–H groups in total. The van der Waals surface area contributed by atoms with Gasteiger partial charge in [0.25, 0.3) is 0 Å². The monoisotopic (exact) mass is 417 g/mol. The van der Waals surface area contributed by atoms with Crippen LogP contribution in [0.3, 0.4) is 0 Å². The lowest BCUT2D eigenvalue weighted by atomic mass is 10.2. The van der Waals surface area contributed by atoms with Gasteiger partial charge in [-0.15, -0.1) is 10.2 Å². The van der Waals surface area contributed by atoms with Crippen LogP contribution in [-0.2, 0) is 17.1 Å². The van der Waals surface area contributed by atoms with Crippen LogP contribution >= 0.6 is 34.9 Å². The minimum absolute atomic E-state index is 0.00788. The molecule has 1 heterocycles. The van der Waals surface area contributed by atoms with Crippen LogP contribution in [0.2, 0.25) is 0 Å². The summed E-state index contributed by atoms with van der Waals surface area (Å²) in [6.07, 6.45) is 0. The molecule has 27 heavy (non-hydrogen) atoms. The van der Waals surface area contributed by atoms with Crippen molar-refractivity contribution in [1.29, 1.82) is 0 Å². The van der Waals surface area contributed by atoms with Gasteiger partial charge in [0.05, 0.1) is 12.9 Å². The van der Waals surface area contributed by atoms with E-state index in [0.717, 1.165) is 25.7 Å². The van der Waals surface area contributed by atoms with Crippen LogP contribution < -0.4 is 10.1 Å². The van der Waals surface area contributed by atoms with Gasteiger partial charge in [-0.3, -0.25) is 4.79 Å². The lowest BCUT2D eigenvalue weighted by Crippen LogP contribution is -2.24. The molecule has 8 heteroatoms. The number of carbonyl (C=O) groups is 1. The van der Waals surface area contributed by atoms with E-state index in [-0.39, 0.29) is 5.91 Å². The first kappa shape index (κ1) is 19.7. The third-order valence-corrected chi connectivity index (χ3v) is 6.83. The molecular formula is C19H19N3O2S3. The minimum atomic E-state index is -0.00788. The maximum absolute atomic E-state index is 12.0. The van der Waals surface area contributed by atoms with Crippen LogP contribution in [-0.4, -0.2) is 29.0 Å². The van der Waals surface area contributed by atoms with E-state index >= 15 is 0 Å². The molecule has 3 rings (SSSR count). The topological polar surface area (TPSA) is 64.1 Å². The van der Waals surface area contributed by atoms with Crippen LogP contribution in [0.25, 0.3) is 0 Å². The molecule has 0 atom stereocenters. The van der Waals surface area contributed by atoms with E-state index in [4.69, 9.17) is 4.74 Å². The van der Waals surface area contributed by atoms with E-state index in [1.54, 1.807) is 18.9 Å². The number of amides is 1. The Balaban J connectivity index is 1.40. The Morgan fingerprint density at radius 2 is 1.70 bits per heavy atom. The fraction of sp³-hybridized carbons (Fsp3) is 0.211. The second kappa shape index (κ2) is 10.3. The van der Waals surface area contributed by atoms with Crippen molar-refractivity contribution in [3.8, 4) is 5.75 Å². The maximum atomic E-state index is 12.0. The highest BCUT2D eigenvalue weighted by molar-refractivity contribution is 8.03. The van der Waals surface area contributed by atoms with Gasteiger partial charge in [-0.1, -0.05) is 77.3 Å². The van der Waals surface area contributed by atoms with Crippen molar-refractivity contribution in [2.75, 3.05) is 12.9 Å². The van der Waals surface area contributed by atoms with Crippen molar-refractivity contribution in [1.82, 2.24) is 15.5 Å². The molecule has 0 spiro atoms. The number of ether oxygens (including phenoxy) is 1. The first-order chi connectivity index (χ1) is 13.2. The molecule has 0 aliphatic heterocycles. The Hall–Kier alpha value is -2.03. The second-order valence-corrected chi connectivity index (χ2v) is 8.94. The number of carbonyl (C=O) groups excluding carboxylic acids is 1. The van der Waals surface area contributed by atoms with Gasteiger partial charge in [0.2, 0.25) is 5.91 Å². The number of thioether (sulfide) groups is 2. The van der Waals surface area contributed by atoms with Crippen LogP contribution in [0, 0.1) is 0 Å². The normalized spacial score (nSPS) is 10.6. The highest BCUT2D eigenvalue weighted by Gasteiger charge is 2.09. The van der Waals surface area contributed by atoms with Gasteiger partial charge in [-0.2, -0.15) is 0 Å². The molecule has 140 valence electrons. The highest BCUT2D eigenvalue weighted by Crippen LogP contribution is 2.30. The average Bonchev–Trinajstić information content (AvgIpc) is 3.18. The van der Waals surface area contributed by atoms with Crippen LogP contribution in [0.1, 0.15) is 11.1 Å². The molecular weight excluding hydrogens is 398 g/mol. The number of rotatable bonds is 9. The summed E-state index contributed by atoms with van der Waals surface area (Å²) < 4.78 is 6.87. The van der Waals surface area contributed by atoms with Gasteiger partial charge in [0.15, 0.2) is 8.68 Å². The Kier molecular flexibility index (Phi) is 7.55. The summed E-state index contributed by atoms with van der Waals surface area (Å²) in [7, 11) is 1.66. The number of nitrogens with zero attached hydrogens (tertiary/aromatic N) is 2. The fourth-order valence-corrected chi connectivity index (χ4v) is 4.96. The third-order valence-electron chi connectivity index (χ3n) is 3.57. The molecule has 0 bridgehead atoms. The maximum Gasteiger partial charge on any atom is 0.230 e. The number of nitrogens with one attached hydrogen (secondary N) is 1. The van der Waals surface area contributed by atoms with Crippen LogP contribution in [0.4, 0.5) is 0 Å². The van der Waals surface area contributed by atoms with Gasteiger partial charge in [0, 0.05) is 12.3 Å². The predicted octanol–water partition coefficient (Wildman–Crippen LogP) is 4.25. The Labute approximate surface area is 170 Å². The van der Waals surface area contributed by atoms with E-state index in [1.165, 1.54) is 28.7 Å². The van der Waals surface area contributed by atoms with Crippen molar-refractivity contribution in [3.63, 3.8) is 0 Å². The molecule has 0 fully saturated rings. The quantitative estimate of drug-likeness (QED) is 0.525. The molecule has 0 aliphatic rings. The summed E-state index contributed by atoms with van der Waals surface area (Å²) in [6, 6.07) is 17.8. The van der Waals surface area contributed by atoms with Crippen molar-refractivity contribution in [2.24, 2.45) is 0 Å². The zero-order chi connectivity index (χ0) is 18.9. The zero-order valence-electron chi connectivity index (χ0n) is 14.8. The molecule has 0 saturated heterocycles. The van der Waals surface area contributed by atoms with Gasteiger partial charge in [-0.25, -0.2) is 0 Å².